The SMILES string of the molecule is CC.CC.CC.CC(C)N1C(C)CCS1(=O)=O.CC(C)N1CCC(C)S1(=O)=O.CC1CN(C(C)C)S(=O)(=O)C1. The molecule has 0 N–H and O–H groups in total. The van der Waals surface area contributed by atoms with Crippen molar-refractivity contribution in [1.82, 2.24) is 12.9 Å². The average molecular weight is 622 g/mol. The van der Waals surface area contributed by atoms with Gasteiger partial charge in [-0.1, -0.05) is 48.5 Å². The molecule has 3 aliphatic rings. The molecule has 3 unspecified atom stereocenters. The van der Waals surface area contributed by atoms with Gasteiger partial charge < -0.3 is 0 Å². The zero-order chi connectivity index (χ0) is 31.9. The summed E-state index contributed by atoms with van der Waals surface area (Å²) in [6.07, 6.45) is 1.56. The van der Waals surface area contributed by atoms with Gasteiger partial charge in [-0.3, -0.25) is 0 Å². The van der Waals surface area contributed by atoms with Crippen LogP contribution in [0.25, 0.3) is 0 Å². The van der Waals surface area contributed by atoms with Gasteiger partial charge in [-0.15, -0.1) is 0 Å². The molecule has 3 aliphatic heterocycles. The molecule has 0 saturated carbocycles. The normalized spacial score (nSPS) is 27.1. The molecule has 3 fully saturated rings. The van der Waals surface area contributed by atoms with Gasteiger partial charge in [-0.25, -0.2) is 25.3 Å². The van der Waals surface area contributed by atoms with Gasteiger partial charge in [0.05, 0.1) is 16.8 Å². The van der Waals surface area contributed by atoms with Crippen molar-refractivity contribution in [3.8, 4) is 0 Å². The van der Waals surface area contributed by atoms with E-state index < -0.39 is 30.1 Å². The van der Waals surface area contributed by atoms with E-state index in [0.717, 1.165) is 12.8 Å². The van der Waals surface area contributed by atoms with E-state index in [1.54, 1.807) is 19.8 Å². The molecule has 0 aromatic heterocycles. The Balaban J connectivity index is -0.000000453. The minimum Gasteiger partial charge on any atom is -0.212 e. The van der Waals surface area contributed by atoms with Crippen LogP contribution in [0.2, 0.25) is 0 Å². The van der Waals surface area contributed by atoms with Crippen molar-refractivity contribution in [3.63, 3.8) is 0 Å². The lowest BCUT2D eigenvalue weighted by molar-refractivity contribution is 0.309. The van der Waals surface area contributed by atoms with Crippen molar-refractivity contribution in [2.75, 3.05) is 24.6 Å². The molecule has 3 atom stereocenters. The van der Waals surface area contributed by atoms with Crippen molar-refractivity contribution in [2.45, 2.75) is 146 Å². The molecule has 39 heavy (non-hydrogen) atoms. The van der Waals surface area contributed by atoms with Crippen molar-refractivity contribution in [3.05, 3.63) is 0 Å². The third-order valence-electron chi connectivity index (χ3n) is 6.15. The second kappa shape index (κ2) is 19.8. The molecule has 0 spiro atoms. The Kier molecular flexibility index (Phi) is 21.9. The fourth-order valence-corrected chi connectivity index (χ4v) is 10.6. The molecule has 9 nitrogen and oxygen atoms in total. The first kappa shape index (κ1) is 43.2. The third-order valence-corrected chi connectivity index (χ3v) is 13.1. The summed E-state index contributed by atoms with van der Waals surface area (Å²) in [6, 6.07) is 0.535. The van der Waals surface area contributed by atoms with Gasteiger partial charge >= 0.3 is 0 Å². The molecule has 0 aromatic rings. The third kappa shape index (κ3) is 13.5. The van der Waals surface area contributed by atoms with E-state index in [2.05, 4.69) is 0 Å². The van der Waals surface area contributed by atoms with Crippen molar-refractivity contribution < 1.29 is 25.3 Å². The van der Waals surface area contributed by atoms with Gasteiger partial charge in [0.15, 0.2) is 0 Å². The van der Waals surface area contributed by atoms with Gasteiger partial charge in [0.25, 0.3) is 0 Å². The highest BCUT2D eigenvalue weighted by molar-refractivity contribution is 7.90. The quantitative estimate of drug-likeness (QED) is 0.418. The van der Waals surface area contributed by atoms with E-state index in [4.69, 9.17) is 0 Å². The lowest BCUT2D eigenvalue weighted by Gasteiger charge is -2.23. The highest BCUT2D eigenvalue weighted by Crippen LogP contribution is 2.24. The molecule has 3 saturated heterocycles. The Labute approximate surface area is 244 Å². The molecule has 0 radical (unpaired) electrons. The summed E-state index contributed by atoms with van der Waals surface area (Å²) in [5.74, 6) is 0.944. The first-order chi connectivity index (χ1) is 17.8. The van der Waals surface area contributed by atoms with Crippen molar-refractivity contribution in [1.29, 1.82) is 0 Å². The van der Waals surface area contributed by atoms with Crippen LogP contribution in [-0.2, 0) is 30.1 Å². The summed E-state index contributed by atoms with van der Waals surface area (Å²) >= 11 is 0. The standard InChI is InChI=1S/3C7H15NO2S.3C2H6/c1-6(2)8-4-7(3)5-11(8,9)10;1-6(2)8-7(3)4-5-11(8,9)10;1-6(2)8-5-4-7(3)11(8,9)10;3*1-2/h3*6-7H,4-5H2,1-3H3;3*1-2H3. The van der Waals surface area contributed by atoms with Crippen LogP contribution in [0, 0.1) is 5.92 Å². The van der Waals surface area contributed by atoms with Crippen LogP contribution in [0.5, 0.6) is 0 Å². The van der Waals surface area contributed by atoms with E-state index >= 15 is 0 Å². The number of sulfonamides is 3. The van der Waals surface area contributed by atoms with E-state index in [1.807, 2.05) is 96.9 Å². The van der Waals surface area contributed by atoms with E-state index in [9.17, 15) is 25.3 Å². The van der Waals surface area contributed by atoms with Crippen LogP contribution in [0.1, 0.15) is 117 Å². The van der Waals surface area contributed by atoms with Crippen LogP contribution < -0.4 is 0 Å². The second-order valence-electron chi connectivity index (χ2n) is 10.3. The van der Waals surface area contributed by atoms with Crippen molar-refractivity contribution >= 4 is 30.1 Å². The maximum absolute atomic E-state index is 11.5. The van der Waals surface area contributed by atoms with Crippen LogP contribution >= 0.6 is 0 Å². The van der Waals surface area contributed by atoms with Gasteiger partial charge in [-0.2, -0.15) is 12.9 Å². The second-order valence-corrected chi connectivity index (χ2v) is 16.5. The lowest BCUT2D eigenvalue weighted by atomic mass is 10.2. The predicted molar refractivity (Wildman–Crippen MR) is 169 cm³/mol. The minimum atomic E-state index is -2.93. The molecule has 0 aromatic carbocycles. The maximum Gasteiger partial charge on any atom is 0.216 e. The van der Waals surface area contributed by atoms with E-state index in [-0.39, 0.29) is 29.4 Å². The fourth-order valence-electron chi connectivity index (χ4n) is 4.49. The summed E-state index contributed by atoms with van der Waals surface area (Å²) in [5.41, 5.74) is 0. The maximum atomic E-state index is 11.5. The highest BCUT2D eigenvalue weighted by atomic mass is 32.2. The smallest absolute Gasteiger partial charge is 0.212 e. The van der Waals surface area contributed by atoms with E-state index in [1.165, 1.54) is 0 Å². The Morgan fingerprint density at radius 2 is 1.05 bits per heavy atom. The number of rotatable bonds is 3. The van der Waals surface area contributed by atoms with Crippen LogP contribution in [0.15, 0.2) is 0 Å². The molecule has 0 bridgehead atoms. The minimum absolute atomic E-state index is 0.109. The Morgan fingerprint density at radius 1 is 0.615 bits per heavy atom. The first-order valence-corrected chi connectivity index (χ1v) is 19.6. The van der Waals surface area contributed by atoms with E-state index in [0.29, 0.717) is 30.5 Å². The zero-order valence-corrected chi connectivity index (χ0v) is 30.2. The first-order valence-electron chi connectivity index (χ1n) is 14.9. The topological polar surface area (TPSA) is 112 Å². The summed E-state index contributed by atoms with van der Waals surface area (Å²) in [5, 5.41) is -0.176. The van der Waals surface area contributed by atoms with Gasteiger partial charge in [0.2, 0.25) is 30.1 Å². The average Bonchev–Trinajstić information content (AvgIpc) is 3.40. The number of hydrogen-bond donors (Lipinski definition) is 0. The lowest BCUT2D eigenvalue weighted by Crippen LogP contribution is -2.37. The molecule has 3 rings (SSSR count). The van der Waals surface area contributed by atoms with Crippen LogP contribution in [0.3, 0.4) is 0 Å². The molecule has 0 amide bonds. The number of nitrogens with zero attached hydrogens (tertiary/aromatic N) is 3. The van der Waals surface area contributed by atoms with Crippen molar-refractivity contribution in [2.24, 2.45) is 5.92 Å². The van der Waals surface area contributed by atoms with Crippen LogP contribution in [0.4, 0.5) is 0 Å². The molecular formula is C27H63N3O6S3. The molecule has 0 aliphatic carbocycles. The van der Waals surface area contributed by atoms with Gasteiger partial charge in [-0.05, 0) is 74.1 Å². The van der Waals surface area contributed by atoms with Gasteiger partial charge in [0, 0.05) is 37.3 Å². The Bertz CT molecular complexity index is 931. The Hall–Kier alpha value is -0.270. The monoisotopic (exact) mass is 621 g/mol. The number of hydrogen-bond acceptors (Lipinski definition) is 6. The highest BCUT2D eigenvalue weighted by Gasteiger charge is 2.37. The summed E-state index contributed by atoms with van der Waals surface area (Å²) in [6.45, 7) is 30.6. The van der Waals surface area contributed by atoms with Crippen LogP contribution in [-0.4, -0.2) is 92.2 Å². The summed E-state index contributed by atoms with van der Waals surface area (Å²) in [7, 11) is -8.74. The Morgan fingerprint density at radius 3 is 1.21 bits per heavy atom. The molecule has 12 heteroatoms. The largest absolute Gasteiger partial charge is 0.216 e. The molecule has 3 heterocycles. The predicted octanol–water partition coefficient (Wildman–Crippen LogP) is 5.39. The summed E-state index contributed by atoms with van der Waals surface area (Å²) < 4.78 is 73.0. The van der Waals surface area contributed by atoms with Gasteiger partial charge in [0.1, 0.15) is 0 Å². The summed E-state index contributed by atoms with van der Waals surface area (Å²) in [4.78, 5) is 0. The molecular weight excluding hydrogens is 559 g/mol. The zero-order valence-electron chi connectivity index (χ0n) is 27.7. The fraction of sp³-hybridized carbons (Fsp3) is 1.00. The molecule has 240 valence electrons.